The summed E-state index contributed by atoms with van der Waals surface area (Å²) in [4.78, 5) is 29.5. The summed E-state index contributed by atoms with van der Waals surface area (Å²) >= 11 is 0. The van der Waals surface area contributed by atoms with Crippen LogP contribution in [0.5, 0.6) is 0 Å². The zero-order valence-electron chi connectivity index (χ0n) is 16.7. The Bertz CT molecular complexity index is 1400. The number of anilines is 1. The van der Waals surface area contributed by atoms with Gasteiger partial charge in [0.2, 0.25) is 5.95 Å². The molecule has 0 radical (unpaired) electrons. The molecule has 0 aliphatic rings. The van der Waals surface area contributed by atoms with E-state index in [4.69, 9.17) is 0 Å². The van der Waals surface area contributed by atoms with Gasteiger partial charge in [-0.3, -0.25) is 18.5 Å². The lowest BCUT2D eigenvalue weighted by Crippen LogP contribution is -2.37. The Balaban J connectivity index is 1.80. The van der Waals surface area contributed by atoms with E-state index < -0.39 is 11.2 Å². The SMILES string of the molecule is Cn1c(=O)c2c(nc(NN=Cc3ccc(F)cc3)n2Cc2ccc(F)cc2)n(C)c1=O. The predicted octanol–water partition coefficient (Wildman–Crippen LogP) is 2.21. The molecule has 0 amide bonds. The third-order valence-electron chi connectivity index (χ3n) is 4.85. The van der Waals surface area contributed by atoms with Gasteiger partial charge >= 0.3 is 5.69 Å². The van der Waals surface area contributed by atoms with Gasteiger partial charge < -0.3 is 0 Å². The number of hydrogen-bond acceptors (Lipinski definition) is 5. The van der Waals surface area contributed by atoms with E-state index in [1.165, 1.54) is 49.1 Å². The monoisotopic (exact) mass is 424 g/mol. The highest BCUT2D eigenvalue weighted by atomic mass is 19.1. The summed E-state index contributed by atoms with van der Waals surface area (Å²) < 4.78 is 30.2. The minimum atomic E-state index is -0.511. The summed E-state index contributed by atoms with van der Waals surface area (Å²) in [5, 5.41) is 4.12. The first-order valence-corrected chi connectivity index (χ1v) is 9.30. The van der Waals surface area contributed by atoms with Gasteiger partial charge in [-0.2, -0.15) is 10.1 Å². The van der Waals surface area contributed by atoms with E-state index in [1.807, 2.05) is 0 Å². The second kappa shape index (κ2) is 7.98. The summed E-state index contributed by atoms with van der Waals surface area (Å²) in [5.74, 6) is -0.515. The molecule has 0 bridgehead atoms. The van der Waals surface area contributed by atoms with Crippen LogP contribution in [0.2, 0.25) is 0 Å². The number of halogens is 2. The van der Waals surface area contributed by atoms with Gasteiger partial charge in [0.25, 0.3) is 5.56 Å². The lowest BCUT2D eigenvalue weighted by Gasteiger charge is -2.09. The Morgan fingerprint density at radius 3 is 2.23 bits per heavy atom. The standard InChI is InChI=1S/C21H18F2N6O2/c1-27-18-17(19(30)28(2)21(27)31)29(12-14-5-9-16(23)10-6-14)20(25-18)26-24-11-13-3-7-15(22)8-4-13/h3-11H,12H2,1-2H3,(H,25,26). The van der Waals surface area contributed by atoms with E-state index in [0.29, 0.717) is 5.56 Å². The maximum atomic E-state index is 13.3. The van der Waals surface area contributed by atoms with Gasteiger partial charge in [0.1, 0.15) is 11.6 Å². The molecule has 0 fully saturated rings. The zero-order chi connectivity index (χ0) is 22.1. The van der Waals surface area contributed by atoms with Crippen LogP contribution in [-0.2, 0) is 20.6 Å². The molecule has 4 aromatic rings. The van der Waals surface area contributed by atoms with E-state index in [1.54, 1.807) is 28.8 Å². The summed E-state index contributed by atoms with van der Waals surface area (Å²) in [5.41, 5.74) is 3.53. The lowest BCUT2D eigenvalue weighted by atomic mass is 10.2. The second-order valence-electron chi connectivity index (χ2n) is 6.95. The number of hydrazone groups is 1. The summed E-state index contributed by atoms with van der Waals surface area (Å²) in [6.45, 7) is 0.193. The van der Waals surface area contributed by atoms with Crippen LogP contribution in [0.15, 0.2) is 63.2 Å². The molecule has 4 rings (SSSR count). The molecule has 0 saturated heterocycles. The Morgan fingerprint density at radius 2 is 1.58 bits per heavy atom. The van der Waals surface area contributed by atoms with Crippen LogP contribution in [-0.4, -0.2) is 24.9 Å². The van der Waals surface area contributed by atoms with Crippen molar-refractivity contribution in [2.75, 3.05) is 5.43 Å². The molecule has 2 aromatic heterocycles. The van der Waals surface area contributed by atoms with Crippen LogP contribution in [0.1, 0.15) is 11.1 Å². The molecule has 2 aromatic carbocycles. The molecule has 0 unspecified atom stereocenters. The van der Waals surface area contributed by atoms with Gasteiger partial charge in [0.05, 0.1) is 12.8 Å². The molecule has 2 heterocycles. The van der Waals surface area contributed by atoms with Crippen molar-refractivity contribution in [3.05, 3.63) is 92.1 Å². The smallest absolute Gasteiger partial charge is 0.298 e. The summed E-state index contributed by atoms with van der Waals surface area (Å²) in [6.07, 6.45) is 1.47. The molecule has 8 nitrogen and oxygen atoms in total. The van der Waals surface area contributed by atoms with Gasteiger partial charge in [0, 0.05) is 14.1 Å². The van der Waals surface area contributed by atoms with Gasteiger partial charge in [-0.25, -0.2) is 19.0 Å². The van der Waals surface area contributed by atoms with Crippen LogP contribution >= 0.6 is 0 Å². The zero-order valence-corrected chi connectivity index (χ0v) is 16.7. The fourth-order valence-electron chi connectivity index (χ4n) is 3.17. The number of fused-ring (bicyclic) bond motifs is 1. The molecular weight excluding hydrogens is 406 g/mol. The fraction of sp³-hybridized carbons (Fsp3) is 0.143. The highest BCUT2D eigenvalue weighted by molar-refractivity contribution is 5.80. The number of nitrogens with zero attached hydrogens (tertiary/aromatic N) is 5. The predicted molar refractivity (Wildman–Crippen MR) is 113 cm³/mol. The normalized spacial score (nSPS) is 11.5. The minimum Gasteiger partial charge on any atom is -0.298 e. The number of imidazole rings is 1. The van der Waals surface area contributed by atoms with Crippen molar-refractivity contribution in [3.8, 4) is 0 Å². The Hall–Kier alpha value is -4.08. The number of aromatic nitrogens is 4. The first-order chi connectivity index (χ1) is 14.8. The summed E-state index contributed by atoms with van der Waals surface area (Å²) in [6, 6.07) is 11.6. The number of aryl methyl sites for hydroxylation is 1. The number of rotatable bonds is 5. The minimum absolute atomic E-state index is 0.190. The van der Waals surface area contributed by atoms with Gasteiger partial charge in [0.15, 0.2) is 11.2 Å². The number of nitrogens with one attached hydrogen (secondary N) is 1. The molecule has 10 heteroatoms. The summed E-state index contributed by atoms with van der Waals surface area (Å²) in [7, 11) is 2.91. The van der Waals surface area contributed by atoms with E-state index in [2.05, 4.69) is 15.5 Å². The lowest BCUT2D eigenvalue weighted by molar-refractivity contribution is 0.626. The molecule has 0 aliphatic carbocycles. The molecular formula is C21H18F2N6O2. The van der Waals surface area contributed by atoms with Gasteiger partial charge in [-0.05, 0) is 35.4 Å². The van der Waals surface area contributed by atoms with Crippen molar-refractivity contribution in [1.29, 1.82) is 0 Å². The maximum absolute atomic E-state index is 13.3. The molecule has 0 atom stereocenters. The van der Waals surface area contributed by atoms with E-state index in [-0.39, 0.29) is 35.3 Å². The van der Waals surface area contributed by atoms with Gasteiger partial charge in [-0.1, -0.05) is 24.3 Å². The van der Waals surface area contributed by atoms with E-state index in [9.17, 15) is 18.4 Å². The van der Waals surface area contributed by atoms with Crippen LogP contribution in [0.4, 0.5) is 14.7 Å². The molecule has 0 saturated carbocycles. The van der Waals surface area contributed by atoms with Crippen molar-refractivity contribution in [2.24, 2.45) is 19.2 Å². The Kier molecular flexibility index (Phi) is 5.20. The molecule has 0 aliphatic heterocycles. The van der Waals surface area contributed by atoms with Crippen molar-refractivity contribution < 1.29 is 8.78 Å². The fourth-order valence-corrected chi connectivity index (χ4v) is 3.17. The highest BCUT2D eigenvalue weighted by Gasteiger charge is 2.19. The van der Waals surface area contributed by atoms with Crippen LogP contribution in [0.25, 0.3) is 11.2 Å². The largest absolute Gasteiger partial charge is 0.332 e. The van der Waals surface area contributed by atoms with Crippen molar-refractivity contribution >= 4 is 23.3 Å². The topological polar surface area (TPSA) is 86.2 Å². The van der Waals surface area contributed by atoms with Crippen molar-refractivity contribution in [1.82, 2.24) is 18.7 Å². The highest BCUT2D eigenvalue weighted by Crippen LogP contribution is 2.18. The van der Waals surface area contributed by atoms with Crippen molar-refractivity contribution in [3.63, 3.8) is 0 Å². The van der Waals surface area contributed by atoms with Crippen LogP contribution in [0, 0.1) is 11.6 Å². The van der Waals surface area contributed by atoms with Crippen molar-refractivity contribution in [2.45, 2.75) is 6.54 Å². The maximum Gasteiger partial charge on any atom is 0.332 e. The quantitative estimate of drug-likeness (QED) is 0.393. The second-order valence-corrected chi connectivity index (χ2v) is 6.95. The molecule has 158 valence electrons. The average molecular weight is 424 g/mol. The third kappa shape index (κ3) is 3.87. The molecule has 0 spiro atoms. The van der Waals surface area contributed by atoms with Gasteiger partial charge in [-0.15, -0.1) is 0 Å². The number of hydrogen-bond donors (Lipinski definition) is 1. The number of benzene rings is 2. The first kappa shape index (κ1) is 20.2. The van der Waals surface area contributed by atoms with E-state index >= 15 is 0 Å². The van der Waals surface area contributed by atoms with Crippen LogP contribution < -0.4 is 16.7 Å². The molecule has 31 heavy (non-hydrogen) atoms. The van der Waals surface area contributed by atoms with E-state index in [0.717, 1.165) is 10.1 Å². The third-order valence-corrected chi connectivity index (χ3v) is 4.85. The average Bonchev–Trinajstić information content (AvgIpc) is 3.12. The Morgan fingerprint density at radius 1 is 0.968 bits per heavy atom. The van der Waals surface area contributed by atoms with Crippen LogP contribution in [0.3, 0.4) is 0 Å². The first-order valence-electron chi connectivity index (χ1n) is 9.30. The Labute approximate surface area is 174 Å². The molecule has 1 N–H and O–H groups in total.